The summed E-state index contributed by atoms with van der Waals surface area (Å²) in [6.45, 7) is 3.61. The second-order valence-electron chi connectivity index (χ2n) is 4.68. The summed E-state index contributed by atoms with van der Waals surface area (Å²) in [5, 5.41) is 5.33. The van der Waals surface area contributed by atoms with E-state index in [4.69, 9.17) is 0 Å². The summed E-state index contributed by atoms with van der Waals surface area (Å²) in [6.07, 6.45) is 0. The lowest BCUT2D eigenvalue weighted by Crippen LogP contribution is -2.32. The van der Waals surface area contributed by atoms with Gasteiger partial charge in [-0.2, -0.15) is 0 Å². The summed E-state index contributed by atoms with van der Waals surface area (Å²) < 4.78 is 0. The molecule has 2 aromatic rings. The molecule has 2 heterocycles. The van der Waals surface area contributed by atoms with Crippen LogP contribution in [0.5, 0.6) is 0 Å². The maximum absolute atomic E-state index is 12.6. The Hall–Kier alpha value is -1.45. The van der Waals surface area contributed by atoms with Crippen molar-refractivity contribution < 1.29 is 4.79 Å². The highest BCUT2D eigenvalue weighted by molar-refractivity contribution is 7.12. The van der Waals surface area contributed by atoms with Gasteiger partial charge in [-0.05, 0) is 35.1 Å². The van der Waals surface area contributed by atoms with Crippen molar-refractivity contribution in [3.8, 4) is 0 Å². The van der Waals surface area contributed by atoms with E-state index >= 15 is 0 Å². The summed E-state index contributed by atoms with van der Waals surface area (Å²) in [5.74, 6) is 0.217. The fraction of sp³-hybridized carbons (Fsp3) is 0.267. The van der Waals surface area contributed by atoms with Crippen molar-refractivity contribution in [3.63, 3.8) is 0 Å². The Balaban J connectivity index is 2.00. The second-order valence-corrected chi connectivity index (χ2v) is 5.60. The van der Waals surface area contributed by atoms with E-state index in [0.29, 0.717) is 0 Å². The van der Waals surface area contributed by atoms with E-state index < -0.39 is 0 Å². The van der Waals surface area contributed by atoms with Crippen LogP contribution >= 0.6 is 11.3 Å². The molecule has 0 saturated carbocycles. The second kappa shape index (κ2) is 4.67. The Morgan fingerprint density at radius 3 is 2.94 bits per heavy atom. The molecule has 0 aliphatic carbocycles. The van der Waals surface area contributed by atoms with Crippen LogP contribution in [0.25, 0.3) is 0 Å². The number of hydrogen-bond acceptors (Lipinski definition) is 3. The average molecular weight is 257 g/mol. The third kappa shape index (κ3) is 1.89. The normalized spacial score (nSPS) is 18.4. The van der Waals surface area contributed by atoms with Crippen LogP contribution in [0.2, 0.25) is 0 Å². The zero-order chi connectivity index (χ0) is 12.5. The fourth-order valence-electron chi connectivity index (χ4n) is 2.51. The lowest BCUT2D eigenvalue weighted by molar-refractivity contribution is 0.0958. The summed E-state index contributed by atoms with van der Waals surface area (Å²) in [7, 11) is 0. The van der Waals surface area contributed by atoms with E-state index in [1.165, 1.54) is 11.1 Å². The van der Waals surface area contributed by atoms with Gasteiger partial charge < -0.3 is 5.32 Å². The molecule has 2 nitrogen and oxygen atoms in total. The van der Waals surface area contributed by atoms with E-state index in [0.717, 1.165) is 23.5 Å². The highest BCUT2D eigenvalue weighted by atomic mass is 32.1. The Kier molecular flexibility index (Phi) is 3.02. The van der Waals surface area contributed by atoms with E-state index in [1.54, 1.807) is 11.3 Å². The molecule has 0 saturated heterocycles. The molecule has 3 heteroatoms. The number of ketones is 1. The predicted octanol–water partition coefficient (Wildman–Crippen LogP) is 3.13. The number of carbonyl (C=O) groups is 1. The van der Waals surface area contributed by atoms with Crippen molar-refractivity contribution in [1.82, 2.24) is 5.32 Å². The molecular weight excluding hydrogens is 242 g/mol. The van der Waals surface area contributed by atoms with Gasteiger partial charge in [-0.3, -0.25) is 4.79 Å². The van der Waals surface area contributed by atoms with Crippen molar-refractivity contribution >= 4 is 17.1 Å². The smallest absolute Gasteiger partial charge is 0.181 e. The number of rotatable bonds is 2. The molecule has 1 aromatic heterocycles. The van der Waals surface area contributed by atoms with Crippen molar-refractivity contribution in [2.75, 3.05) is 6.54 Å². The molecule has 1 aliphatic rings. The fourth-order valence-corrected chi connectivity index (χ4v) is 3.43. The van der Waals surface area contributed by atoms with Crippen molar-refractivity contribution in [2.24, 2.45) is 0 Å². The molecule has 1 unspecified atom stereocenters. The lowest BCUT2D eigenvalue weighted by atomic mass is 9.87. The topological polar surface area (TPSA) is 29.1 Å². The molecule has 0 fully saturated rings. The number of Topliss-reactive ketones (excluding diaryl/α,β-unsaturated/α-hetero) is 1. The van der Waals surface area contributed by atoms with E-state index in [1.807, 2.05) is 30.5 Å². The first-order valence-corrected chi connectivity index (χ1v) is 7.02. The van der Waals surface area contributed by atoms with Crippen LogP contribution in [0.1, 0.15) is 32.3 Å². The minimum atomic E-state index is -0.0349. The van der Waals surface area contributed by atoms with Gasteiger partial charge in [-0.1, -0.05) is 24.3 Å². The standard InChI is InChI=1S/C15H15NOS/c1-10-6-7-18-15(10)14(17)13-9-16-8-11-4-2-3-5-12(11)13/h2-7,13,16H,8-9H2,1H3. The van der Waals surface area contributed by atoms with Crippen molar-refractivity contribution in [3.05, 3.63) is 57.3 Å². The minimum Gasteiger partial charge on any atom is -0.312 e. The molecule has 0 radical (unpaired) electrons. The number of nitrogens with one attached hydrogen (secondary N) is 1. The van der Waals surface area contributed by atoms with Crippen LogP contribution in [-0.2, 0) is 6.54 Å². The van der Waals surface area contributed by atoms with Gasteiger partial charge in [0.05, 0.1) is 10.8 Å². The SMILES string of the molecule is Cc1ccsc1C(=O)C1CNCc2ccccc21. The monoisotopic (exact) mass is 257 g/mol. The third-order valence-corrected chi connectivity index (χ3v) is 4.53. The lowest BCUT2D eigenvalue weighted by Gasteiger charge is -2.25. The van der Waals surface area contributed by atoms with E-state index in [-0.39, 0.29) is 11.7 Å². The summed E-state index contributed by atoms with van der Waals surface area (Å²) in [6, 6.07) is 10.3. The van der Waals surface area contributed by atoms with Gasteiger partial charge in [-0.25, -0.2) is 0 Å². The van der Waals surface area contributed by atoms with E-state index in [9.17, 15) is 4.79 Å². The van der Waals surface area contributed by atoms with Crippen LogP contribution in [0.15, 0.2) is 35.7 Å². The van der Waals surface area contributed by atoms with Gasteiger partial charge in [0.25, 0.3) is 0 Å². The van der Waals surface area contributed by atoms with Crippen LogP contribution in [-0.4, -0.2) is 12.3 Å². The van der Waals surface area contributed by atoms with Gasteiger partial charge in [0, 0.05) is 13.1 Å². The first-order chi connectivity index (χ1) is 8.77. The summed E-state index contributed by atoms with van der Waals surface area (Å²) >= 11 is 1.55. The third-order valence-electron chi connectivity index (χ3n) is 3.50. The summed E-state index contributed by atoms with van der Waals surface area (Å²) in [4.78, 5) is 13.5. The molecule has 0 amide bonds. The van der Waals surface area contributed by atoms with Crippen molar-refractivity contribution in [1.29, 1.82) is 0 Å². The molecule has 0 spiro atoms. The maximum atomic E-state index is 12.6. The molecule has 1 aromatic carbocycles. The Morgan fingerprint density at radius 1 is 1.33 bits per heavy atom. The highest BCUT2D eigenvalue weighted by Gasteiger charge is 2.28. The van der Waals surface area contributed by atoms with Crippen LogP contribution in [0, 0.1) is 6.92 Å². The van der Waals surface area contributed by atoms with Gasteiger partial charge in [0.1, 0.15) is 0 Å². The maximum Gasteiger partial charge on any atom is 0.181 e. The molecule has 1 N–H and O–H groups in total. The molecule has 18 heavy (non-hydrogen) atoms. The zero-order valence-corrected chi connectivity index (χ0v) is 11.1. The minimum absolute atomic E-state index is 0.0349. The number of benzene rings is 1. The van der Waals surface area contributed by atoms with Gasteiger partial charge >= 0.3 is 0 Å². The zero-order valence-electron chi connectivity index (χ0n) is 10.3. The quantitative estimate of drug-likeness (QED) is 0.837. The highest BCUT2D eigenvalue weighted by Crippen LogP contribution is 2.29. The largest absolute Gasteiger partial charge is 0.312 e. The van der Waals surface area contributed by atoms with Crippen LogP contribution < -0.4 is 5.32 Å². The average Bonchev–Trinajstić information content (AvgIpc) is 2.83. The molecule has 92 valence electrons. The molecular formula is C15H15NOS. The first-order valence-electron chi connectivity index (χ1n) is 6.14. The number of aryl methyl sites for hydroxylation is 1. The van der Waals surface area contributed by atoms with E-state index in [2.05, 4.69) is 17.4 Å². The number of carbonyl (C=O) groups excluding carboxylic acids is 1. The first kappa shape index (κ1) is 11.6. The molecule has 1 atom stereocenters. The number of thiophene rings is 1. The number of hydrogen-bond donors (Lipinski definition) is 1. The predicted molar refractivity (Wildman–Crippen MR) is 74.3 cm³/mol. The Labute approximate surface area is 111 Å². The Bertz CT molecular complexity index is 588. The van der Waals surface area contributed by atoms with Gasteiger partial charge in [-0.15, -0.1) is 11.3 Å². The van der Waals surface area contributed by atoms with Crippen molar-refractivity contribution in [2.45, 2.75) is 19.4 Å². The van der Waals surface area contributed by atoms with Crippen LogP contribution in [0.3, 0.4) is 0 Å². The number of fused-ring (bicyclic) bond motifs is 1. The van der Waals surface area contributed by atoms with Gasteiger partial charge in [0.15, 0.2) is 5.78 Å². The Morgan fingerprint density at radius 2 is 2.17 bits per heavy atom. The molecule has 0 bridgehead atoms. The van der Waals surface area contributed by atoms with Crippen LogP contribution in [0.4, 0.5) is 0 Å². The molecule has 1 aliphatic heterocycles. The van der Waals surface area contributed by atoms with Gasteiger partial charge in [0.2, 0.25) is 0 Å². The summed E-state index contributed by atoms with van der Waals surface area (Å²) in [5.41, 5.74) is 3.53. The molecule has 3 rings (SSSR count).